The van der Waals surface area contributed by atoms with Crippen molar-refractivity contribution < 1.29 is 4.74 Å². The van der Waals surface area contributed by atoms with E-state index < -0.39 is 0 Å². The largest absolute Gasteiger partial charge is 0.383 e. The highest BCUT2D eigenvalue weighted by Crippen LogP contribution is 2.43. The maximum Gasteiger partial charge on any atom is 0.0587 e. The lowest BCUT2D eigenvalue weighted by atomic mass is 9.65. The van der Waals surface area contributed by atoms with Crippen molar-refractivity contribution in [1.29, 1.82) is 0 Å². The molecule has 1 fully saturated rings. The van der Waals surface area contributed by atoms with Crippen LogP contribution in [0.25, 0.3) is 0 Å². The molecule has 0 unspecified atom stereocenters. The molecule has 2 nitrogen and oxygen atoms in total. The minimum atomic E-state index is 0.244. The van der Waals surface area contributed by atoms with Gasteiger partial charge in [-0.15, -0.1) is 0 Å². The second-order valence-corrected chi connectivity index (χ2v) is 7.65. The Balaban J connectivity index is 1.92. The van der Waals surface area contributed by atoms with Crippen LogP contribution in [0.1, 0.15) is 51.2 Å². The number of hydrogen-bond donors (Lipinski definition) is 1. The van der Waals surface area contributed by atoms with Crippen LogP contribution in [0.4, 0.5) is 0 Å². The van der Waals surface area contributed by atoms with Gasteiger partial charge < -0.3 is 10.1 Å². The van der Waals surface area contributed by atoms with Gasteiger partial charge >= 0.3 is 0 Å². The monoisotopic (exact) mass is 289 g/mol. The smallest absolute Gasteiger partial charge is 0.0587 e. The van der Waals surface area contributed by atoms with E-state index in [2.05, 4.69) is 50.4 Å². The Kier molecular flexibility index (Phi) is 5.45. The zero-order valence-corrected chi connectivity index (χ0v) is 14.2. The van der Waals surface area contributed by atoms with Crippen LogP contribution in [0.2, 0.25) is 0 Å². The Labute approximate surface area is 130 Å². The van der Waals surface area contributed by atoms with Crippen molar-refractivity contribution in [2.75, 3.05) is 26.8 Å². The second kappa shape index (κ2) is 6.93. The summed E-state index contributed by atoms with van der Waals surface area (Å²) in [6.07, 6.45) is 5.30. The van der Waals surface area contributed by atoms with Crippen LogP contribution in [0, 0.1) is 5.41 Å². The molecule has 0 amide bonds. The Hall–Kier alpha value is -0.860. The molecule has 0 saturated heterocycles. The first kappa shape index (κ1) is 16.5. The standard InChI is InChI=1S/C19H31NO/c1-18(2,3)17-8-6-16(7-9-17)14-19(10-5-11-19)15-20-12-13-21-4/h6-9,20H,5,10-15H2,1-4H3. The van der Waals surface area contributed by atoms with Crippen molar-refractivity contribution in [2.24, 2.45) is 5.41 Å². The highest BCUT2D eigenvalue weighted by Gasteiger charge is 2.36. The van der Waals surface area contributed by atoms with Gasteiger partial charge in [-0.3, -0.25) is 0 Å². The van der Waals surface area contributed by atoms with Crippen molar-refractivity contribution in [3.8, 4) is 0 Å². The first-order valence-electron chi connectivity index (χ1n) is 8.24. The van der Waals surface area contributed by atoms with Crippen LogP contribution >= 0.6 is 0 Å². The van der Waals surface area contributed by atoms with Gasteiger partial charge in [-0.05, 0) is 41.2 Å². The van der Waals surface area contributed by atoms with Gasteiger partial charge in [0.15, 0.2) is 0 Å². The normalized spacial score (nSPS) is 17.5. The highest BCUT2D eigenvalue weighted by atomic mass is 16.5. The third-order valence-electron chi connectivity index (χ3n) is 4.80. The van der Waals surface area contributed by atoms with E-state index in [0.717, 1.165) is 19.7 Å². The summed E-state index contributed by atoms with van der Waals surface area (Å²) in [5.74, 6) is 0. The van der Waals surface area contributed by atoms with Crippen LogP contribution in [0.3, 0.4) is 0 Å². The SMILES string of the molecule is COCCNCC1(Cc2ccc(C(C)(C)C)cc2)CCC1. The minimum absolute atomic E-state index is 0.244. The van der Waals surface area contributed by atoms with Gasteiger partial charge in [0.25, 0.3) is 0 Å². The number of nitrogens with one attached hydrogen (secondary N) is 1. The zero-order valence-electron chi connectivity index (χ0n) is 14.2. The lowest BCUT2D eigenvalue weighted by Crippen LogP contribution is -2.42. The molecule has 0 heterocycles. The van der Waals surface area contributed by atoms with E-state index in [1.54, 1.807) is 7.11 Å². The van der Waals surface area contributed by atoms with E-state index in [9.17, 15) is 0 Å². The summed E-state index contributed by atoms with van der Waals surface area (Å²) < 4.78 is 5.11. The number of ether oxygens (including phenoxy) is 1. The van der Waals surface area contributed by atoms with Crippen LogP contribution in [0.15, 0.2) is 24.3 Å². The lowest BCUT2D eigenvalue weighted by Gasteiger charge is -2.42. The molecule has 2 heteroatoms. The molecule has 21 heavy (non-hydrogen) atoms. The Morgan fingerprint density at radius 1 is 1.14 bits per heavy atom. The molecule has 1 aromatic rings. The molecule has 2 rings (SSSR count). The molecule has 0 spiro atoms. The zero-order chi connectivity index (χ0) is 15.3. The third kappa shape index (κ3) is 4.55. The fourth-order valence-electron chi connectivity index (χ4n) is 3.18. The molecule has 1 aromatic carbocycles. The maximum absolute atomic E-state index is 5.11. The summed E-state index contributed by atoms with van der Waals surface area (Å²) >= 11 is 0. The Morgan fingerprint density at radius 2 is 1.81 bits per heavy atom. The summed E-state index contributed by atoms with van der Waals surface area (Å²) in [6, 6.07) is 9.27. The summed E-state index contributed by atoms with van der Waals surface area (Å²) in [5.41, 5.74) is 3.63. The number of hydrogen-bond acceptors (Lipinski definition) is 2. The van der Waals surface area contributed by atoms with E-state index in [1.165, 1.54) is 36.8 Å². The molecule has 1 N–H and O–H groups in total. The predicted octanol–water partition coefficient (Wildman–Crippen LogP) is 3.93. The van der Waals surface area contributed by atoms with Crippen LogP contribution < -0.4 is 5.32 Å². The number of benzene rings is 1. The van der Waals surface area contributed by atoms with E-state index in [1.807, 2.05) is 0 Å². The van der Waals surface area contributed by atoms with E-state index in [-0.39, 0.29) is 5.41 Å². The second-order valence-electron chi connectivity index (χ2n) is 7.65. The molecule has 0 aromatic heterocycles. The topological polar surface area (TPSA) is 21.3 Å². The van der Waals surface area contributed by atoms with Crippen LogP contribution in [-0.4, -0.2) is 26.8 Å². The molecular weight excluding hydrogens is 258 g/mol. The average molecular weight is 289 g/mol. The van der Waals surface area contributed by atoms with Crippen molar-refractivity contribution >= 4 is 0 Å². The van der Waals surface area contributed by atoms with E-state index in [4.69, 9.17) is 4.74 Å². The minimum Gasteiger partial charge on any atom is -0.383 e. The quantitative estimate of drug-likeness (QED) is 0.768. The summed E-state index contributed by atoms with van der Waals surface area (Å²) in [4.78, 5) is 0. The molecule has 1 aliphatic rings. The first-order chi connectivity index (χ1) is 9.95. The third-order valence-corrected chi connectivity index (χ3v) is 4.80. The number of methoxy groups -OCH3 is 1. The van der Waals surface area contributed by atoms with Gasteiger partial charge in [-0.1, -0.05) is 51.5 Å². The number of rotatable bonds is 7. The van der Waals surface area contributed by atoms with Crippen molar-refractivity contribution in [3.63, 3.8) is 0 Å². The van der Waals surface area contributed by atoms with Crippen molar-refractivity contribution in [2.45, 2.75) is 51.9 Å². The average Bonchev–Trinajstić information content (AvgIpc) is 2.40. The maximum atomic E-state index is 5.11. The molecule has 0 aliphatic heterocycles. The summed E-state index contributed by atoms with van der Waals surface area (Å²) in [5, 5.41) is 3.56. The van der Waals surface area contributed by atoms with E-state index in [0.29, 0.717) is 5.41 Å². The molecule has 0 atom stereocenters. The fraction of sp³-hybridized carbons (Fsp3) is 0.684. The van der Waals surface area contributed by atoms with Crippen molar-refractivity contribution in [3.05, 3.63) is 35.4 Å². The van der Waals surface area contributed by atoms with Crippen LogP contribution in [-0.2, 0) is 16.6 Å². The van der Waals surface area contributed by atoms with Gasteiger partial charge in [-0.2, -0.15) is 0 Å². The Bertz CT molecular complexity index is 426. The molecular formula is C19H31NO. The van der Waals surface area contributed by atoms with Gasteiger partial charge in [0.2, 0.25) is 0 Å². The van der Waals surface area contributed by atoms with Gasteiger partial charge in [0.05, 0.1) is 6.61 Å². The van der Waals surface area contributed by atoms with Gasteiger partial charge in [-0.25, -0.2) is 0 Å². The summed E-state index contributed by atoms with van der Waals surface area (Å²) in [7, 11) is 1.76. The Morgan fingerprint density at radius 3 is 2.29 bits per heavy atom. The van der Waals surface area contributed by atoms with E-state index >= 15 is 0 Å². The molecule has 0 bridgehead atoms. The molecule has 1 saturated carbocycles. The molecule has 118 valence electrons. The van der Waals surface area contributed by atoms with Gasteiger partial charge in [0, 0.05) is 20.2 Å². The molecule has 0 radical (unpaired) electrons. The first-order valence-corrected chi connectivity index (χ1v) is 8.24. The summed E-state index contributed by atoms with van der Waals surface area (Å²) in [6.45, 7) is 9.70. The predicted molar refractivity (Wildman–Crippen MR) is 89.9 cm³/mol. The van der Waals surface area contributed by atoms with Crippen molar-refractivity contribution in [1.82, 2.24) is 5.32 Å². The highest BCUT2D eigenvalue weighted by molar-refractivity contribution is 5.28. The van der Waals surface area contributed by atoms with Crippen LogP contribution in [0.5, 0.6) is 0 Å². The fourth-order valence-corrected chi connectivity index (χ4v) is 3.18. The molecule has 1 aliphatic carbocycles. The van der Waals surface area contributed by atoms with Gasteiger partial charge in [0.1, 0.15) is 0 Å². The lowest BCUT2D eigenvalue weighted by molar-refractivity contribution is 0.123.